The van der Waals surface area contributed by atoms with Gasteiger partial charge >= 0.3 is 0 Å². The fourth-order valence-corrected chi connectivity index (χ4v) is 4.39. The van der Waals surface area contributed by atoms with E-state index in [1.165, 1.54) is 0 Å². The van der Waals surface area contributed by atoms with Crippen molar-refractivity contribution in [1.29, 1.82) is 0 Å². The summed E-state index contributed by atoms with van der Waals surface area (Å²) in [4.78, 5) is 14.4. The van der Waals surface area contributed by atoms with E-state index in [0.717, 1.165) is 57.9 Å². The quantitative estimate of drug-likeness (QED) is 0.383. The Morgan fingerprint density at radius 3 is 2.43 bits per heavy atom. The van der Waals surface area contributed by atoms with Gasteiger partial charge in [-0.2, -0.15) is 0 Å². The van der Waals surface area contributed by atoms with Crippen LogP contribution in [0.5, 0.6) is 17.2 Å². The van der Waals surface area contributed by atoms with Gasteiger partial charge in [0.15, 0.2) is 17.3 Å². The molecular weight excluding hydrogens is 444 g/mol. The Morgan fingerprint density at radius 1 is 0.943 bits per heavy atom. The highest BCUT2D eigenvalue weighted by Gasteiger charge is 2.21. The number of fused-ring (bicyclic) bond motifs is 2. The maximum atomic E-state index is 6.27. The second-order valence-corrected chi connectivity index (χ2v) is 8.37. The third-order valence-corrected chi connectivity index (χ3v) is 6.09. The molecule has 9 nitrogen and oxygen atoms in total. The highest BCUT2D eigenvalue weighted by Crippen LogP contribution is 2.41. The van der Waals surface area contributed by atoms with Gasteiger partial charge in [0.25, 0.3) is 0 Å². The lowest BCUT2D eigenvalue weighted by molar-refractivity contribution is 0.324. The molecule has 0 atom stereocenters. The van der Waals surface area contributed by atoms with Crippen molar-refractivity contribution in [2.24, 2.45) is 0 Å². The molecule has 0 aliphatic carbocycles. The van der Waals surface area contributed by atoms with Crippen LogP contribution in [0.2, 0.25) is 0 Å². The Hall–Kier alpha value is -4.11. The van der Waals surface area contributed by atoms with Gasteiger partial charge in [0.05, 0.1) is 32.5 Å². The molecule has 5 rings (SSSR count). The largest absolute Gasteiger partial charge is 0.493 e. The second-order valence-electron chi connectivity index (χ2n) is 8.37. The van der Waals surface area contributed by atoms with Crippen LogP contribution in [0.15, 0.2) is 36.4 Å². The second kappa shape index (κ2) is 9.27. The number of ether oxygens (including phenoxy) is 3. The standard InChI is InChI=1S/C26H28N6O3/c1-14-9-19(27)17-12-16(5-6-20(17)29-14)30-26-18-13-28-8-7-21(18)31-25(32-26)15-10-22(33-2)24(35-4)23(11-15)34-3/h5-6,9-12,28H,7-8,13H2,1-4H3,(H2,27,29)(H,30,31,32). The minimum Gasteiger partial charge on any atom is -0.493 e. The van der Waals surface area contributed by atoms with E-state index in [2.05, 4.69) is 15.6 Å². The number of anilines is 3. The lowest BCUT2D eigenvalue weighted by atomic mass is 10.1. The summed E-state index contributed by atoms with van der Waals surface area (Å²) >= 11 is 0. The molecule has 4 aromatic rings. The SMILES string of the molecule is COc1cc(-c2nc3c(c(Nc4ccc5nc(C)cc(N)c5c4)n2)CNCC3)cc(OC)c1OC. The van der Waals surface area contributed by atoms with Crippen molar-refractivity contribution in [3.8, 4) is 28.6 Å². The van der Waals surface area contributed by atoms with Gasteiger partial charge in [0, 0.05) is 53.1 Å². The fourth-order valence-electron chi connectivity index (χ4n) is 4.39. The zero-order valence-corrected chi connectivity index (χ0v) is 20.2. The minimum atomic E-state index is 0.525. The molecule has 0 unspecified atom stereocenters. The molecular formula is C26H28N6O3. The van der Waals surface area contributed by atoms with Crippen molar-refractivity contribution in [3.63, 3.8) is 0 Å². The van der Waals surface area contributed by atoms with Crippen LogP contribution in [0.25, 0.3) is 22.3 Å². The number of pyridine rings is 1. The molecule has 0 saturated heterocycles. The van der Waals surface area contributed by atoms with Crippen LogP contribution in [0.4, 0.5) is 17.2 Å². The number of hydrogen-bond donors (Lipinski definition) is 3. The zero-order valence-electron chi connectivity index (χ0n) is 20.2. The molecule has 9 heteroatoms. The topological polar surface area (TPSA) is 116 Å². The number of aromatic nitrogens is 3. The van der Waals surface area contributed by atoms with Gasteiger partial charge in [0.2, 0.25) is 5.75 Å². The van der Waals surface area contributed by atoms with Crippen molar-refractivity contribution >= 4 is 28.1 Å². The average Bonchev–Trinajstić information content (AvgIpc) is 2.88. The van der Waals surface area contributed by atoms with Gasteiger partial charge in [-0.25, -0.2) is 9.97 Å². The Morgan fingerprint density at radius 2 is 1.71 bits per heavy atom. The van der Waals surface area contributed by atoms with E-state index in [-0.39, 0.29) is 0 Å². The first-order chi connectivity index (χ1) is 17.0. The highest BCUT2D eigenvalue weighted by atomic mass is 16.5. The van der Waals surface area contributed by atoms with Gasteiger partial charge in [0.1, 0.15) is 5.82 Å². The summed E-state index contributed by atoms with van der Waals surface area (Å²) in [5, 5.41) is 7.81. The normalized spacial score (nSPS) is 12.8. The van der Waals surface area contributed by atoms with Crippen LogP contribution >= 0.6 is 0 Å². The van der Waals surface area contributed by atoms with E-state index in [1.54, 1.807) is 21.3 Å². The van der Waals surface area contributed by atoms with E-state index >= 15 is 0 Å². The molecule has 0 bridgehead atoms. The number of nitrogen functional groups attached to an aromatic ring is 1. The van der Waals surface area contributed by atoms with E-state index in [9.17, 15) is 0 Å². The molecule has 2 aromatic carbocycles. The summed E-state index contributed by atoms with van der Waals surface area (Å²) in [7, 11) is 4.77. The molecule has 0 saturated carbocycles. The number of benzene rings is 2. The van der Waals surface area contributed by atoms with E-state index in [0.29, 0.717) is 35.3 Å². The molecule has 0 radical (unpaired) electrons. The summed E-state index contributed by atoms with van der Waals surface area (Å²) in [5.74, 6) is 2.94. The Bertz CT molecular complexity index is 1400. The lowest BCUT2D eigenvalue weighted by Gasteiger charge is -2.21. The number of nitrogens with two attached hydrogens (primary N) is 1. The predicted octanol–water partition coefficient (Wildman–Crippen LogP) is 4.00. The number of methoxy groups -OCH3 is 3. The van der Waals surface area contributed by atoms with Crippen LogP contribution in [0, 0.1) is 6.92 Å². The zero-order chi connectivity index (χ0) is 24.5. The van der Waals surface area contributed by atoms with Crippen molar-refractivity contribution in [2.75, 3.05) is 38.9 Å². The lowest BCUT2D eigenvalue weighted by Crippen LogP contribution is -2.26. The average molecular weight is 473 g/mol. The number of hydrogen-bond acceptors (Lipinski definition) is 9. The maximum absolute atomic E-state index is 6.27. The molecule has 4 N–H and O–H groups in total. The summed E-state index contributed by atoms with van der Waals surface area (Å²) in [6, 6.07) is 11.6. The van der Waals surface area contributed by atoms with Gasteiger partial charge in [-0.15, -0.1) is 0 Å². The monoisotopic (exact) mass is 472 g/mol. The summed E-state index contributed by atoms with van der Waals surface area (Å²) in [5.41, 5.74) is 12.4. The molecule has 180 valence electrons. The number of nitrogens with one attached hydrogen (secondary N) is 2. The van der Waals surface area contributed by atoms with Crippen LogP contribution in [-0.4, -0.2) is 42.8 Å². The highest BCUT2D eigenvalue weighted by molar-refractivity contribution is 5.93. The predicted molar refractivity (Wildman–Crippen MR) is 137 cm³/mol. The van der Waals surface area contributed by atoms with Gasteiger partial charge in [-0.05, 0) is 43.3 Å². The Balaban J connectivity index is 1.61. The van der Waals surface area contributed by atoms with Crippen LogP contribution < -0.4 is 30.6 Å². The summed E-state index contributed by atoms with van der Waals surface area (Å²) < 4.78 is 16.5. The molecule has 0 spiro atoms. The molecule has 1 aliphatic rings. The van der Waals surface area contributed by atoms with Crippen LogP contribution in [0.1, 0.15) is 17.0 Å². The summed E-state index contributed by atoms with van der Waals surface area (Å²) in [6.07, 6.45) is 0.803. The first kappa shape index (κ1) is 22.7. The van der Waals surface area contributed by atoms with Crippen molar-refractivity contribution in [1.82, 2.24) is 20.3 Å². The first-order valence-corrected chi connectivity index (χ1v) is 11.4. The smallest absolute Gasteiger partial charge is 0.203 e. The molecule has 2 aromatic heterocycles. The van der Waals surface area contributed by atoms with Gasteiger partial charge in [-0.1, -0.05) is 0 Å². The molecule has 0 amide bonds. The molecule has 0 fully saturated rings. The molecule has 1 aliphatic heterocycles. The minimum absolute atomic E-state index is 0.525. The number of nitrogens with zero attached hydrogens (tertiary/aromatic N) is 3. The number of aryl methyl sites for hydroxylation is 1. The number of rotatable bonds is 6. The fraction of sp³-hybridized carbons (Fsp3) is 0.269. The molecule has 35 heavy (non-hydrogen) atoms. The first-order valence-electron chi connectivity index (χ1n) is 11.4. The third-order valence-electron chi connectivity index (χ3n) is 6.09. The van der Waals surface area contributed by atoms with Gasteiger partial charge < -0.3 is 30.6 Å². The maximum Gasteiger partial charge on any atom is 0.203 e. The molecule has 3 heterocycles. The Labute approximate surface area is 203 Å². The van der Waals surface area contributed by atoms with Crippen molar-refractivity contribution in [2.45, 2.75) is 19.9 Å². The van der Waals surface area contributed by atoms with E-state index < -0.39 is 0 Å². The van der Waals surface area contributed by atoms with Crippen LogP contribution in [-0.2, 0) is 13.0 Å². The van der Waals surface area contributed by atoms with Crippen molar-refractivity contribution in [3.05, 3.63) is 53.3 Å². The summed E-state index contributed by atoms with van der Waals surface area (Å²) in [6.45, 7) is 3.48. The van der Waals surface area contributed by atoms with Crippen molar-refractivity contribution < 1.29 is 14.2 Å². The van der Waals surface area contributed by atoms with Crippen LogP contribution in [0.3, 0.4) is 0 Å². The van der Waals surface area contributed by atoms with Gasteiger partial charge in [-0.3, -0.25) is 4.98 Å². The van der Waals surface area contributed by atoms with E-state index in [4.69, 9.17) is 29.9 Å². The van der Waals surface area contributed by atoms with E-state index in [1.807, 2.05) is 43.3 Å². The Kier molecular flexibility index (Phi) is 6.00. The third kappa shape index (κ3) is 4.26.